The molecule has 0 spiro atoms. The third-order valence-corrected chi connectivity index (χ3v) is 5.76. The van der Waals surface area contributed by atoms with Crippen LogP contribution in [0.4, 0.5) is 0 Å². The second kappa shape index (κ2) is 8.22. The first-order valence-corrected chi connectivity index (χ1v) is 9.74. The second-order valence-electron chi connectivity index (χ2n) is 7.91. The SMILES string of the molecule is COc1ccc2c(c1)CC(NCC1CCN(C(=O)C(C)C)CC1)CC2. The predicted molar refractivity (Wildman–Crippen MR) is 101 cm³/mol. The zero-order valence-electron chi connectivity index (χ0n) is 15.9. The summed E-state index contributed by atoms with van der Waals surface area (Å²) in [7, 11) is 1.73. The number of carbonyl (C=O) groups is 1. The normalized spacial score (nSPS) is 21.3. The van der Waals surface area contributed by atoms with Crippen molar-refractivity contribution in [1.82, 2.24) is 10.2 Å². The number of hydrogen-bond acceptors (Lipinski definition) is 3. The molecule has 1 heterocycles. The molecule has 1 fully saturated rings. The molecule has 4 nitrogen and oxygen atoms in total. The van der Waals surface area contributed by atoms with Crippen LogP contribution in [0.25, 0.3) is 0 Å². The third kappa shape index (κ3) is 4.55. The average Bonchev–Trinajstić information content (AvgIpc) is 2.65. The first-order chi connectivity index (χ1) is 12.1. The zero-order valence-corrected chi connectivity index (χ0v) is 15.9. The van der Waals surface area contributed by atoms with Gasteiger partial charge in [-0.25, -0.2) is 0 Å². The van der Waals surface area contributed by atoms with E-state index in [0.29, 0.717) is 17.9 Å². The minimum absolute atomic E-state index is 0.119. The monoisotopic (exact) mass is 344 g/mol. The van der Waals surface area contributed by atoms with Gasteiger partial charge in [-0.05, 0) is 67.8 Å². The summed E-state index contributed by atoms with van der Waals surface area (Å²) in [5, 5.41) is 3.79. The Morgan fingerprint density at radius 1 is 1.24 bits per heavy atom. The molecule has 1 N–H and O–H groups in total. The van der Waals surface area contributed by atoms with Crippen LogP contribution < -0.4 is 10.1 Å². The smallest absolute Gasteiger partial charge is 0.225 e. The Bertz CT molecular complexity index is 592. The largest absolute Gasteiger partial charge is 0.497 e. The van der Waals surface area contributed by atoms with Crippen molar-refractivity contribution >= 4 is 5.91 Å². The van der Waals surface area contributed by atoms with Crippen molar-refractivity contribution in [3.05, 3.63) is 29.3 Å². The molecular formula is C21H32N2O2. The van der Waals surface area contributed by atoms with Crippen LogP contribution in [0.1, 0.15) is 44.2 Å². The molecule has 3 rings (SSSR count). The highest BCUT2D eigenvalue weighted by Gasteiger charge is 2.25. The summed E-state index contributed by atoms with van der Waals surface area (Å²) in [6.45, 7) is 6.91. The quantitative estimate of drug-likeness (QED) is 0.893. The Labute approximate surface area is 151 Å². The Morgan fingerprint density at radius 3 is 2.68 bits per heavy atom. The van der Waals surface area contributed by atoms with Crippen molar-refractivity contribution in [3.8, 4) is 5.75 Å². The molecule has 1 aromatic carbocycles. The van der Waals surface area contributed by atoms with Gasteiger partial charge in [0.05, 0.1) is 7.11 Å². The number of rotatable bonds is 5. The van der Waals surface area contributed by atoms with Crippen LogP contribution in [0.5, 0.6) is 5.75 Å². The van der Waals surface area contributed by atoms with Crippen LogP contribution in [-0.4, -0.2) is 43.6 Å². The Morgan fingerprint density at radius 2 is 2.00 bits per heavy atom. The first-order valence-electron chi connectivity index (χ1n) is 9.74. The van der Waals surface area contributed by atoms with Crippen molar-refractivity contribution in [2.75, 3.05) is 26.7 Å². The lowest BCUT2D eigenvalue weighted by Crippen LogP contribution is -2.44. The van der Waals surface area contributed by atoms with Gasteiger partial charge in [0.1, 0.15) is 5.75 Å². The Kier molecular flexibility index (Phi) is 6.00. The fraction of sp³-hybridized carbons (Fsp3) is 0.667. The highest BCUT2D eigenvalue weighted by molar-refractivity contribution is 5.78. The molecule has 0 saturated carbocycles. The standard InChI is InChI=1S/C21H32N2O2/c1-15(2)21(24)23-10-8-16(9-11-23)14-22-19-6-4-17-5-7-20(25-3)13-18(17)12-19/h5,7,13,15-16,19,22H,4,6,8-12,14H2,1-3H3. The lowest BCUT2D eigenvalue weighted by atomic mass is 9.87. The van der Waals surface area contributed by atoms with E-state index in [-0.39, 0.29) is 5.92 Å². The maximum Gasteiger partial charge on any atom is 0.225 e. The van der Waals surface area contributed by atoms with E-state index in [1.807, 2.05) is 18.7 Å². The number of nitrogens with zero attached hydrogens (tertiary/aromatic N) is 1. The van der Waals surface area contributed by atoms with Gasteiger partial charge in [0.2, 0.25) is 5.91 Å². The van der Waals surface area contributed by atoms with Crippen LogP contribution in [0, 0.1) is 11.8 Å². The van der Waals surface area contributed by atoms with E-state index in [0.717, 1.165) is 51.1 Å². The van der Waals surface area contributed by atoms with Crippen molar-refractivity contribution in [3.63, 3.8) is 0 Å². The first kappa shape index (κ1) is 18.2. The fourth-order valence-electron chi connectivity index (χ4n) is 4.09. The molecule has 1 unspecified atom stereocenters. The van der Waals surface area contributed by atoms with Gasteiger partial charge in [0.25, 0.3) is 0 Å². The molecule has 0 bridgehead atoms. The van der Waals surface area contributed by atoms with E-state index in [1.54, 1.807) is 7.11 Å². The van der Waals surface area contributed by atoms with Gasteiger partial charge < -0.3 is 15.0 Å². The van der Waals surface area contributed by atoms with E-state index in [4.69, 9.17) is 4.74 Å². The molecule has 0 aromatic heterocycles. The molecular weight excluding hydrogens is 312 g/mol. The van der Waals surface area contributed by atoms with E-state index < -0.39 is 0 Å². The molecule has 1 aliphatic heterocycles. The summed E-state index contributed by atoms with van der Waals surface area (Å²) in [6.07, 6.45) is 5.71. The summed E-state index contributed by atoms with van der Waals surface area (Å²) in [5.74, 6) is 2.09. The fourth-order valence-corrected chi connectivity index (χ4v) is 4.09. The minimum Gasteiger partial charge on any atom is -0.497 e. The van der Waals surface area contributed by atoms with Gasteiger partial charge in [-0.2, -0.15) is 0 Å². The highest BCUT2D eigenvalue weighted by Crippen LogP contribution is 2.26. The summed E-state index contributed by atoms with van der Waals surface area (Å²) in [4.78, 5) is 14.1. The zero-order chi connectivity index (χ0) is 17.8. The number of carbonyl (C=O) groups excluding carboxylic acids is 1. The van der Waals surface area contributed by atoms with E-state index in [2.05, 4.69) is 23.5 Å². The van der Waals surface area contributed by atoms with Gasteiger partial charge >= 0.3 is 0 Å². The number of ether oxygens (including phenoxy) is 1. The molecule has 1 amide bonds. The molecule has 1 atom stereocenters. The van der Waals surface area contributed by atoms with E-state index in [1.165, 1.54) is 17.5 Å². The number of amides is 1. The van der Waals surface area contributed by atoms with Crippen molar-refractivity contribution in [2.24, 2.45) is 11.8 Å². The number of hydrogen-bond donors (Lipinski definition) is 1. The van der Waals surface area contributed by atoms with E-state index in [9.17, 15) is 4.79 Å². The third-order valence-electron chi connectivity index (χ3n) is 5.76. The molecule has 0 radical (unpaired) electrons. The van der Waals surface area contributed by atoms with Gasteiger partial charge in [-0.15, -0.1) is 0 Å². The predicted octanol–water partition coefficient (Wildman–Crippen LogP) is 3.04. The summed E-state index contributed by atoms with van der Waals surface area (Å²) < 4.78 is 5.36. The van der Waals surface area contributed by atoms with Gasteiger partial charge in [0, 0.05) is 25.0 Å². The average molecular weight is 344 g/mol. The topological polar surface area (TPSA) is 41.6 Å². The number of fused-ring (bicyclic) bond motifs is 1. The van der Waals surface area contributed by atoms with Crippen molar-refractivity contribution in [1.29, 1.82) is 0 Å². The van der Waals surface area contributed by atoms with Crippen molar-refractivity contribution < 1.29 is 9.53 Å². The maximum absolute atomic E-state index is 12.1. The van der Waals surface area contributed by atoms with Gasteiger partial charge in [-0.1, -0.05) is 19.9 Å². The van der Waals surface area contributed by atoms with Crippen LogP contribution in [0.3, 0.4) is 0 Å². The number of nitrogens with one attached hydrogen (secondary N) is 1. The minimum atomic E-state index is 0.119. The summed E-state index contributed by atoms with van der Waals surface area (Å²) in [5.41, 5.74) is 2.90. The number of methoxy groups -OCH3 is 1. The van der Waals surface area contributed by atoms with Crippen LogP contribution >= 0.6 is 0 Å². The molecule has 1 aromatic rings. The van der Waals surface area contributed by atoms with E-state index >= 15 is 0 Å². The molecule has 25 heavy (non-hydrogen) atoms. The molecule has 1 saturated heterocycles. The van der Waals surface area contributed by atoms with Gasteiger partial charge in [0.15, 0.2) is 0 Å². The lowest BCUT2D eigenvalue weighted by Gasteiger charge is -2.34. The molecule has 138 valence electrons. The number of likely N-dealkylation sites (tertiary alicyclic amines) is 1. The molecule has 4 heteroatoms. The van der Waals surface area contributed by atoms with Crippen LogP contribution in [-0.2, 0) is 17.6 Å². The second-order valence-corrected chi connectivity index (χ2v) is 7.91. The summed E-state index contributed by atoms with van der Waals surface area (Å²) in [6, 6.07) is 7.04. The maximum atomic E-state index is 12.1. The Hall–Kier alpha value is -1.55. The molecule has 2 aliphatic rings. The Balaban J connectivity index is 1.45. The lowest BCUT2D eigenvalue weighted by molar-refractivity contribution is -0.135. The highest BCUT2D eigenvalue weighted by atomic mass is 16.5. The van der Waals surface area contributed by atoms with Gasteiger partial charge in [-0.3, -0.25) is 4.79 Å². The molecule has 1 aliphatic carbocycles. The number of aryl methyl sites for hydroxylation is 1. The van der Waals surface area contributed by atoms with Crippen LogP contribution in [0.15, 0.2) is 18.2 Å². The summed E-state index contributed by atoms with van der Waals surface area (Å²) >= 11 is 0. The van der Waals surface area contributed by atoms with Crippen molar-refractivity contribution in [2.45, 2.75) is 52.0 Å². The number of benzene rings is 1. The number of piperidine rings is 1. The van der Waals surface area contributed by atoms with Crippen LogP contribution in [0.2, 0.25) is 0 Å².